The number of nitrogens with one attached hydrogen (secondary N) is 1. The number of amides is 2. The van der Waals surface area contributed by atoms with E-state index in [0.29, 0.717) is 12.1 Å². The maximum Gasteiger partial charge on any atom is 0.247 e. The van der Waals surface area contributed by atoms with Crippen molar-refractivity contribution in [1.82, 2.24) is 9.62 Å². The minimum absolute atomic E-state index is 0.0524. The third-order valence-corrected chi connectivity index (χ3v) is 7.75. The fourth-order valence-electron chi connectivity index (χ4n) is 4.74. The molecule has 0 bridgehead atoms. The molecule has 1 saturated heterocycles. The van der Waals surface area contributed by atoms with Crippen molar-refractivity contribution in [2.24, 2.45) is 0 Å². The number of anilines is 1. The summed E-state index contributed by atoms with van der Waals surface area (Å²) in [6.07, 6.45) is 9.32. The van der Waals surface area contributed by atoms with Crippen molar-refractivity contribution in [3.8, 4) is 0 Å². The van der Waals surface area contributed by atoms with E-state index >= 15 is 0 Å². The van der Waals surface area contributed by atoms with Gasteiger partial charge >= 0.3 is 0 Å². The van der Waals surface area contributed by atoms with Crippen LogP contribution in [-0.4, -0.2) is 55.5 Å². The van der Waals surface area contributed by atoms with Gasteiger partial charge in [0, 0.05) is 18.3 Å². The summed E-state index contributed by atoms with van der Waals surface area (Å²) in [5.41, 5.74) is 0.304. The van der Waals surface area contributed by atoms with Crippen molar-refractivity contribution in [1.29, 1.82) is 0 Å². The second-order valence-electron chi connectivity index (χ2n) is 9.03. The monoisotopic (exact) mass is 449 g/mol. The molecule has 1 aromatic rings. The summed E-state index contributed by atoms with van der Waals surface area (Å²) in [5.74, 6) is -0.668. The van der Waals surface area contributed by atoms with Crippen LogP contribution in [0.4, 0.5) is 5.69 Å². The zero-order valence-electron chi connectivity index (χ0n) is 18.9. The predicted octanol–water partition coefficient (Wildman–Crippen LogP) is 2.85. The first-order chi connectivity index (χ1) is 14.7. The molecule has 1 saturated carbocycles. The zero-order valence-corrected chi connectivity index (χ0v) is 19.7. The lowest BCUT2D eigenvalue weighted by Gasteiger charge is -2.47. The first-order valence-electron chi connectivity index (χ1n) is 11.3. The molecule has 3 rings (SSSR count). The molecule has 1 atom stereocenters. The average molecular weight is 450 g/mol. The maximum atomic E-state index is 13.7. The molecule has 0 radical (unpaired) electrons. The van der Waals surface area contributed by atoms with E-state index in [-0.39, 0.29) is 30.9 Å². The van der Waals surface area contributed by atoms with Gasteiger partial charge in [0.05, 0.1) is 12.8 Å². The lowest BCUT2D eigenvalue weighted by molar-refractivity contribution is -0.133. The molecule has 1 heterocycles. The Bertz CT molecular complexity index is 909. The van der Waals surface area contributed by atoms with Gasteiger partial charge in [-0.3, -0.25) is 14.5 Å². The Kier molecular flexibility index (Phi) is 7.42. The summed E-state index contributed by atoms with van der Waals surface area (Å²) in [6, 6.07) is 7.59. The number of nitrogens with zero attached hydrogens (tertiary/aromatic N) is 2. The molecule has 31 heavy (non-hydrogen) atoms. The van der Waals surface area contributed by atoms with Crippen molar-refractivity contribution in [2.75, 3.05) is 24.2 Å². The number of aryl methyl sites for hydroxylation is 1. The Morgan fingerprint density at radius 2 is 1.74 bits per heavy atom. The molecule has 1 N–H and O–H groups in total. The molecule has 1 aromatic carbocycles. The molecule has 2 amide bonds. The van der Waals surface area contributed by atoms with Gasteiger partial charge in [0.1, 0.15) is 5.54 Å². The van der Waals surface area contributed by atoms with Crippen LogP contribution in [0.1, 0.15) is 64.4 Å². The maximum absolute atomic E-state index is 13.7. The summed E-state index contributed by atoms with van der Waals surface area (Å²) >= 11 is 0. The number of para-hydroxylation sites is 1. The first kappa shape index (κ1) is 23.7. The SMILES string of the molecule is CCc1ccccc1N1C(=O)CN(S(C)(=O)=O)C[C@]1(C)C(=O)NC1CCCCCCC1. The van der Waals surface area contributed by atoms with E-state index in [1.807, 2.05) is 31.2 Å². The highest BCUT2D eigenvalue weighted by atomic mass is 32.2. The smallest absolute Gasteiger partial charge is 0.247 e. The highest BCUT2D eigenvalue weighted by Crippen LogP contribution is 2.33. The van der Waals surface area contributed by atoms with E-state index in [2.05, 4.69) is 5.32 Å². The van der Waals surface area contributed by atoms with Gasteiger partial charge < -0.3 is 5.32 Å². The average Bonchev–Trinajstić information content (AvgIpc) is 2.69. The Morgan fingerprint density at radius 3 is 2.35 bits per heavy atom. The van der Waals surface area contributed by atoms with Crippen LogP contribution in [0.15, 0.2) is 24.3 Å². The number of piperazine rings is 1. The van der Waals surface area contributed by atoms with Crippen LogP contribution in [0.2, 0.25) is 0 Å². The van der Waals surface area contributed by atoms with Crippen LogP contribution in [0, 0.1) is 0 Å². The number of carbonyl (C=O) groups is 2. The van der Waals surface area contributed by atoms with E-state index in [0.717, 1.165) is 41.8 Å². The Balaban J connectivity index is 1.97. The molecule has 2 aliphatic rings. The lowest BCUT2D eigenvalue weighted by atomic mass is 9.91. The van der Waals surface area contributed by atoms with Gasteiger partial charge in [-0.15, -0.1) is 0 Å². The standard InChI is InChI=1S/C23H35N3O4S/c1-4-18-12-10-11-15-20(18)26-21(27)16-25(31(3,29)30)17-23(26,2)22(28)24-19-13-8-6-5-7-9-14-19/h10-12,15,19H,4-9,13-14,16-17H2,1-3H3,(H,24,28)/t23-/m1/s1. The molecule has 8 heteroatoms. The van der Waals surface area contributed by atoms with E-state index in [1.165, 1.54) is 24.2 Å². The quantitative estimate of drug-likeness (QED) is 0.749. The second-order valence-corrected chi connectivity index (χ2v) is 11.0. The first-order valence-corrected chi connectivity index (χ1v) is 13.2. The Labute approximate surface area is 186 Å². The highest BCUT2D eigenvalue weighted by Gasteiger charge is 2.51. The van der Waals surface area contributed by atoms with Crippen LogP contribution in [0.5, 0.6) is 0 Å². The number of rotatable bonds is 5. The van der Waals surface area contributed by atoms with Crippen molar-refractivity contribution < 1.29 is 18.0 Å². The van der Waals surface area contributed by atoms with E-state index in [4.69, 9.17) is 0 Å². The highest BCUT2D eigenvalue weighted by molar-refractivity contribution is 7.88. The summed E-state index contributed by atoms with van der Waals surface area (Å²) in [4.78, 5) is 28.5. The van der Waals surface area contributed by atoms with Gasteiger partial charge in [0.25, 0.3) is 0 Å². The molecular formula is C23H35N3O4S. The minimum atomic E-state index is -3.62. The van der Waals surface area contributed by atoms with Gasteiger partial charge in [-0.25, -0.2) is 8.42 Å². The van der Waals surface area contributed by atoms with Gasteiger partial charge in [-0.1, -0.05) is 57.2 Å². The van der Waals surface area contributed by atoms with Crippen molar-refractivity contribution in [3.05, 3.63) is 29.8 Å². The van der Waals surface area contributed by atoms with Gasteiger partial charge in [-0.2, -0.15) is 4.31 Å². The summed E-state index contributed by atoms with van der Waals surface area (Å²) < 4.78 is 25.7. The Hall–Kier alpha value is -1.93. The lowest BCUT2D eigenvalue weighted by Crippen LogP contribution is -2.70. The fourth-order valence-corrected chi connectivity index (χ4v) is 5.57. The molecule has 0 aromatic heterocycles. The summed E-state index contributed by atoms with van der Waals surface area (Å²) in [6.45, 7) is 3.37. The molecule has 1 aliphatic heterocycles. The third-order valence-electron chi connectivity index (χ3n) is 6.55. The van der Waals surface area contributed by atoms with E-state index < -0.39 is 15.6 Å². The minimum Gasteiger partial charge on any atom is -0.351 e. The van der Waals surface area contributed by atoms with E-state index in [9.17, 15) is 18.0 Å². The third kappa shape index (κ3) is 5.29. The van der Waals surface area contributed by atoms with Gasteiger partial charge in [-0.05, 0) is 37.8 Å². The predicted molar refractivity (Wildman–Crippen MR) is 122 cm³/mol. The van der Waals surface area contributed by atoms with Crippen LogP contribution >= 0.6 is 0 Å². The van der Waals surface area contributed by atoms with Gasteiger partial charge in [0.15, 0.2) is 0 Å². The second kappa shape index (κ2) is 9.69. The summed E-state index contributed by atoms with van der Waals surface area (Å²) in [7, 11) is -3.62. The van der Waals surface area contributed by atoms with Crippen molar-refractivity contribution >= 4 is 27.5 Å². The normalized spacial score (nSPS) is 24.5. The van der Waals surface area contributed by atoms with Crippen LogP contribution in [0.3, 0.4) is 0 Å². The van der Waals surface area contributed by atoms with Crippen molar-refractivity contribution in [3.63, 3.8) is 0 Å². The molecule has 1 aliphatic carbocycles. The van der Waals surface area contributed by atoms with E-state index in [1.54, 1.807) is 6.92 Å². The number of hydrogen-bond donors (Lipinski definition) is 1. The largest absolute Gasteiger partial charge is 0.351 e. The number of benzene rings is 1. The number of hydrogen-bond acceptors (Lipinski definition) is 4. The van der Waals surface area contributed by atoms with Gasteiger partial charge in [0.2, 0.25) is 21.8 Å². The number of carbonyl (C=O) groups excluding carboxylic acids is 2. The molecule has 172 valence electrons. The van der Waals surface area contributed by atoms with Crippen molar-refractivity contribution in [2.45, 2.75) is 76.8 Å². The molecule has 7 nitrogen and oxygen atoms in total. The zero-order chi connectivity index (χ0) is 22.6. The molecule has 2 fully saturated rings. The molecular weight excluding hydrogens is 414 g/mol. The Morgan fingerprint density at radius 1 is 1.13 bits per heavy atom. The fraction of sp³-hybridized carbons (Fsp3) is 0.652. The molecule has 0 spiro atoms. The van der Waals surface area contributed by atoms with Crippen LogP contribution in [-0.2, 0) is 26.0 Å². The van der Waals surface area contributed by atoms with Crippen LogP contribution < -0.4 is 10.2 Å². The molecule has 0 unspecified atom stereocenters. The summed E-state index contributed by atoms with van der Waals surface area (Å²) in [5, 5.41) is 3.17. The van der Waals surface area contributed by atoms with Crippen LogP contribution in [0.25, 0.3) is 0 Å². The topological polar surface area (TPSA) is 86.8 Å². The number of sulfonamides is 1.